The summed E-state index contributed by atoms with van der Waals surface area (Å²) in [5.74, 6) is 0.453. The van der Waals surface area contributed by atoms with E-state index in [-0.39, 0.29) is 11.5 Å². The predicted molar refractivity (Wildman–Crippen MR) is 79.0 cm³/mol. The van der Waals surface area contributed by atoms with Gasteiger partial charge in [0.05, 0.1) is 14.2 Å². The monoisotopic (exact) mass is 307 g/mol. The fourth-order valence-corrected chi connectivity index (χ4v) is 1.23. The number of rotatable bonds is 4. The molecule has 0 amide bonds. The van der Waals surface area contributed by atoms with E-state index in [1.165, 1.54) is 38.9 Å². The van der Waals surface area contributed by atoms with Crippen molar-refractivity contribution in [3.8, 4) is 11.9 Å². The smallest absolute Gasteiger partial charge is 0.481 e. The molecule has 0 aliphatic rings. The number of nitrogens with zero attached hydrogens (tertiary/aromatic N) is 3. The van der Waals surface area contributed by atoms with E-state index < -0.39 is 14.2 Å². The highest BCUT2D eigenvalue weighted by Crippen LogP contribution is 1.99. The van der Waals surface area contributed by atoms with E-state index >= 15 is 0 Å². The summed E-state index contributed by atoms with van der Waals surface area (Å²) in [6.45, 7) is 0. The van der Waals surface area contributed by atoms with Crippen molar-refractivity contribution >= 4 is 25.2 Å². The topological polar surface area (TPSA) is 138 Å². The normalized spacial score (nSPS) is 9.36. The lowest BCUT2D eigenvalue weighted by atomic mass is 9.82. The zero-order valence-corrected chi connectivity index (χ0v) is 12.0. The lowest BCUT2D eigenvalue weighted by Gasteiger charge is -1.99. The molecule has 0 radical (unpaired) electrons. The maximum Gasteiger partial charge on any atom is 0.491 e. The van der Waals surface area contributed by atoms with Crippen LogP contribution < -0.4 is 20.4 Å². The van der Waals surface area contributed by atoms with Crippen LogP contribution >= 0.6 is 0 Å². The third kappa shape index (κ3) is 5.66. The van der Waals surface area contributed by atoms with E-state index in [1.807, 2.05) is 0 Å². The van der Waals surface area contributed by atoms with Crippen LogP contribution in [0.3, 0.4) is 0 Å². The number of pyridine rings is 1. The first-order valence-corrected chi connectivity index (χ1v) is 6.06. The van der Waals surface area contributed by atoms with Crippen LogP contribution in [0.2, 0.25) is 0 Å². The molecule has 0 atom stereocenters. The zero-order valence-electron chi connectivity index (χ0n) is 12.0. The fourth-order valence-electron chi connectivity index (χ4n) is 1.23. The summed E-state index contributed by atoms with van der Waals surface area (Å²) in [6.07, 6.45) is 3.93. The summed E-state index contributed by atoms with van der Waals surface area (Å²) < 4.78 is 9.44. The fraction of sp³-hybridized carbons (Fsp3) is 0.182. The van der Waals surface area contributed by atoms with Crippen molar-refractivity contribution in [2.75, 3.05) is 14.2 Å². The van der Waals surface area contributed by atoms with Gasteiger partial charge in [-0.15, -0.1) is 0 Å². The molecule has 2 heterocycles. The van der Waals surface area contributed by atoms with Crippen molar-refractivity contribution in [1.82, 2.24) is 15.0 Å². The van der Waals surface area contributed by atoms with Gasteiger partial charge in [-0.2, -0.15) is 0 Å². The second-order valence-corrected chi connectivity index (χ2v) is 3.88. The van der Waals surface area contributed by atoms with E-state index in [9.17, 15) is 0 Å². The average Bonchev–Trinajstić information content (AvgIpc) is 2.55. The molecule has 0 saturated carbocycles. The quantitative estimate of drug-likeness (QED) is 0.433. The van der Waals surface area contributed by atoms with E-state index in [1.54, 1.807) is 6.07 Å². The Hall–Kier alpha value is -2.20. The first-order valence-electron chi connectivity index (χ1n) is 6.06. The molecule has 2 aromatic heterocycles. The van der Waals surface area contributed by atoms with E-state index in [0.717, 1.165) is 0 Å². The summed E-state index contributed by atoms with van der Waals surface area (Å²) in [6, 6.07) is 3.31. The summed E-state index contributed by atoms with van der Waals surface area (Å²) in [5, 5.41) is 34.6. The van der Waals surface area contributed by atoms with Gasteiger partial charge in [0.2, 0.25) is 5.88 Å². The average molecular weight is 307 g/mol. The summed E-state index contributed by atoms with van der Waals surface area (Å²) in [5.41, 5.74) is 0.594. The molecule has 0 spiro atoms. The number of ether oxygens (including phenoxy) is 2. The van der Waals surface area contributed by atoms with Gasteiger partial charge in [-0.25, -0.2) is 15.0 Å². The Morgan fingerprint density at radius 2 is 1.32 bits per heavy atom. The molecule has 0 aliphatic heterocycles. The minimum atomic E-state index is -1.53. The van der Waals surface area contributed by atoms with Gasteiger partial charge in [0.15, 0.2) is 0 Å². The van der Waals surface area contributed by atoms with Crippen LogP contribution in [0.1, 0.15) is 0 Å². The van der Waals surface area contributed by atoms with Gasteiger partial charge in [0.1, 0.15) is 0 Å². The van der Waals surface area contributed by atoms with Gasteiger partial charge in [0, 0.05) is 29.5 Å². The van der Waals surface area contributed by atoms with Gasteiger partial charge in [-0.3, -0.25) is 0 Å². The molecule has 2 aromatic rings. The summed E-state index contributed by atoms with van der Waals surface area (Å²) in [4.78, 5) is 11.1. The predicted octanol–water partition coefficient (Wildman–Crippen LogP) is -3.06. The van der Waals surface area contributed by atoms with Crippen molar-refractivity contribution in [2.45, 2.75) is 0 Å². The Bertz CT molecular complexity index is 501. The van der Waals surface area contributed by atoms with Gasteiger partial charge in [-0.1, -0.05) is 6.07 Å². The molecule has 4 N–H and O–H groups in total. The summed E-state index contributed by atoms with van der Waals surface area (Å²) in [7, 11) is -0.0591. The minimum absolute atomic E-state index is 0.203. The van der Waals surface area contributed by atoms with E-state index in [2.05, 4.69) is 19.7 Å². The van der Waals surface area contributed by atoms with Crippen LogP contribution in [0.25, 0.3) is 0 Å². The van der Waals surface area contributed by atoms with Gasteiger partial charge >= 0.3 is 20.2 Å². The number of hydrogen-bond acceptors (Lipinski definition) is 9. The van der Waals surface area contributed by atoms with Crippen LogP contribution in [0.5, 0.6) is 11.9 Å². The maximum absolute atomic E-state index is 8.66. The standard InChI is InChI=1S/C6H8BNO3.C5H7BN2O3/c1-11-6-3-2-5(4-8-6)7(9)10;1-11-5-7-2-4(3-8-5)6(9)10/h2-4,9-10H,1H3;2-3,9-10H,1H3. The Morgan fingerprint density at radius 3 is 1.68 bits per heavy atom. The number of methoxy groups -OCH3 is 2. The van der Waals surface area contributed by atoms with Crippen LogP contribution in [0.4, 0.5) is 0 Å². The third-order valence-corrected chi connectivity index (χ3v) is 2.40. The first kappa shape index (κ1) is 17.9. The lowest BCUT2D eigenvalue weighted by molar-refractivity contribution is 0.379. The second-order valence-electron chi connectivity index (χ2n) is 3.88. The molecular formula is C11H15B2N3O6. The van der Waals surface area contributed by atoms with Crippen molar-refractivity contribution < 1.29 is 29.6 Å². The molecule has 0 saturated heterocycles. The molecule has 22 heavy (non-hydrogen) atoms. The Labute approximate surface area is 127 Å². The van der Waals surface area contributed by atoms with Crippen LogP contribution in [-0.2, 0) is 0 Å². The van der Waals surface area contributed by atoms with Crippen LogP contribution in [-0.4, -0.2) is 63.5 Å². The minimum Gasteiger partial charge on any atom is -0.481 e. The van der Waals surface area contributed by atoms with Crippen molar-refractivity contribution in [3.63, 3.8) is 0 Å². The third-order valence-electron chi connectivity index (χ3n) is 2.40. The van der Waals surface area contributed by atoms with Crippen molar-refractivity contribution in [1.29, 1.82) is 0 Å². The summed E-state index contributed by atoms with van der Waals surface area (Å²) >= 11 is 0. The Balaban J connectivity index is 0.000000220. The number of aromatic nitrogens is 3. The van der Waals surface area contributed by atoms with Crippen LogP contribution in [0.15, 0.2) is 30.7 Å². The molecule has 0 fully saturated rings. The molecular weight excluding hydrogens is 292 g/mol. The Morgan fingerprint density at radius 1 is 0.773 bits per heavy atom. The molecule has 2 rings (SSSR count). The highest BCUT2D eigenvalue weighted by atomic mass is 16.5. The second kappa shape index (κ2) is 8.95. The van der Waals surface area contributed by atoms with Crippen LogP contribution in [0, 0.1) is 0 Å². The number of hydrogen-bond donors (Lipinski definition) is 4. The lowest BCUT2D eigenvalue weighted by Crippen LogP contribution is -2.30. The Kier molecular flexibility index (Phi) is 7.26. The van der Waals surface area contributed by atoms with Gasteiger partial charge in [0.25, 0.3) is 0 Å². The zero-order chi connectivity index (χ0) is 16.5. The molecule has 116 valence electrons. The highest BCUT2D eigenvalue weighted by Gasteiger charge is 2.11. The molecule has 9 nitrogen and oxygen atoms in total. The van der Waals surface area contributed by atoms with E-state index in [0.29, 0.717) is 11.3 Å². The highest BCUT2D eigenvalue weighted by molar-refractivity contribution is 6.58. The van der Waals surface area contributed by atoms with E-state index in [4.69, 9.17) is 24.8 Å². The largest absolute Gasteiger partial charge is 0.491 e. The van der Waals surface area contributed by atoms with Gasteiger partial charge < -0.3 is 29.6 Å². The SMILES string of the molecule is COc1ccc(B(O)O)cn1.COc1ncc(B(O)O)cn1. The maximum atomic E-state index is 8.66. The molecule has 0 bridgehead atoms. The van der Waals surface area contributed by atoms with Crippen molar-refractivity contribution in [2.24, 2.45) is 0 Å². The van der Waals surface area contributed by atoms with Crippen molar-refractivity contribution in [3.05, 3.63) is 30.7 Å². The first-order chi connectivity index (χ1) is 10.5. The molecule has 0 aromatic carbocycles. The molecule has 11 heteroatoms. The van der Waals surface area contributed by atoms with Gasteiger partial charge in [-0.05, 0) is 6.07 Å². The molecule has 0 aliphatic carbocycles. The molecule has 0 unspecified atom stereocenters.